The number of nitrogens with one attached hydrogen (secondary N) is 2. The minimum Gasteiger partial charge on any atom is -0.382 e. The van der Waals surface area contributed by atoms with Gasteiger partial charge in [0, 0.05) is 19.1 Å². The number of amides is 1. The molecule has 1 fully saturated rings. The number of rotatable bonds is 5. The number of aromatic nitrogens is 1. The van der Waals surface area contributed by atoms with Gasteiger partial charge in [0.15, 0.2) is 5.13 Å². The van der Waals surface area contributed by atoms with E-state index >= 15 is 0 Å². The quantitative estimate of drug-likeness (QED) is 0.761. The number of likely N-dealkylation sites (tertiary alicyclic amines) is 1. The maximum Gasteiger partial charge on any atom is 0.265 e. The summed E-state index contributed by atoms with van der Waals surface area (Å²) in [5.41, 5.74) is 5.84. The number of hydrogen-bond acceptors (Lipinski definition) is 6. The number of nitrogens with two attached hydrogens (primary N) is 1. The van der Waals surface area contributed by atoms with Crippen molar-refractivity contribution in [2.24, 2.45) is 5.92 Å². The fraction of sp³-hybridized carbons (Fsp3) is 0.692. The third kappa shape index (κ3) is 3.83. The van der Waals surface area contributed by atoms with Gasteiger partial charge in [-0.3, -0.25) is 4.79 Å². The molecule has 1 atom stereocenters. The van der Waals surface area contributed by atoms with Gasteiger partial charge in [0.05, 0.1) is 0 Å². The van der Waals surface area contributed by atoms with Crippen molar-refractivity contribution < 1.29 is 4.79 Å². The van der Waals surface area contributed by atoms with Crippen molar-refractivity contribution >= 4 is 28.2 Å². The number of nitrogens with zero attached hydrogens (tertiary/aromatic N) is 2. The highest BCUT2D eigenvalue weighted by Crippen LogP contribution is 2.25. The number of carbonyl (C=O) groups excluding carboxylic acids is 1. The average molecular weight is 297 g/mol. The monoisotopic (exact) mass is 297 g/mol. The van der Waals surface area contributed by atoms with E-state index in [1.54, 1.807) is 0 Å². The molecule has 0 spiro atoms. The van der Waals surface area contributed by atoms with E-state index in [4.69, 9.17) is 5.73 Å². The van der Waals surface area contributed by atoms with E-state index in [0.717, 1.165) is 26.1 Å². The summed E-state index contributed by atoms with van der Waals surface area (Å²) in [6.45, 7) is 6.97. The molecule has 20 heavy (non-hydrogen) atoms. The van der Waals surface area contributed by atoms with Crippen molar-refractivity contribution in [3.05, 3.63) is 4.88 Å². The lowest BCUT2D eigenvalue weighted by atomic mass is 10.2. The van der Waals surface area contributed by atoms with Crippen LogP contribution in [0.5, 0.6) is 0 Å². The minimum atomic E-state index is -0.113. The molecule has 1 aromatic heterocycles. The number of carbonyl (C=O) groups is 1. The fourth-order valence-corrected chi connectivity index (χ4v) is 2.96. The smallest absolute Gasteiger partial charge is 0.265 e. The topological polar surface area (TPSA) is 83.3 Å². The van der Waals surface area contributed by atoms with Crippen LogP contribution in [-0.4, -0.2) is 48.5 Å². The second-order valence-corrected chi connectivity index (χ2v) is 6.73. The maximum atomic E-state index is 12.2. The van der Waals surface area contributed by atoms with Crippen LogP contribution in [0.15, 0.2) is 0 Å². The number of hydrogen-bond donors (Lipinski definition) is 3. The highest BCUT2D eigenvalue weighted by molar-refractivity contribution is 7.18. The van der Waals surface area contributed by atoms with Crippen LogP contribution in [-0.2, 0) is 0 Å². The molecule has 0 bridgehead atoms. The van der Waals surface area contributed by atoms with E-state index in [9.17, 15) is 4.79 Å². The molecule has 1 aliphatic heterocycles. The molecule has 0 saturated carbocycles. The zero-order chi connectivity index (χ0) is 14.7. The summed E-state index contributed by atoms with van der Waals surface area (Å²) < 4.78 is 0. The Bertz CT molecular complexity index is 473. The third-order valence-corrected chi connectivity index (χ3v) is 4.28. The second-order valence-electron chi connectivity index (χ2n) is 5.73. The molecule has 0 aliphatic carbocycles. The lowest BCUT2D eigenvalue weighted by Gasteiger charge is -2.11. The van der Waals surface area contributed by atoms with Crippen molar-refractivity contribution in [1.29, 1.82) is 0 Å². The first-order valence-corrected chi connectivity index (χ1v) is 7.77. The van der Waals surface area contributed by atoms with Gasteiger partial charge in [0.2, 0.25) is 0 Å². The first-order valence-electron chi connectivity index (χ1n) is 6.95. The summed E-state index contributed by atoms with van der Waals surface area (Å²) in [7, 11) is 2.06. The molecule has 2 heterocycles. The lowest BCUT2D eigenvalue weighted by Crippen LogP contribution is -2.36. The third-order valence-electron chi connectivity index (χ3n) is 3.25. The molecule has 112 valence electrons. The van der Waals surface area contributed by atoms with Crippen LogP contribution in [0.1, 0.15) is 29.9 Å². The van der Waals surface area contributed by atoms with Gasteiger partial charge < -0.3 is 21.3 Å². The van der Waals surface area contributed by atoms with Gasteiger partial charge in [0.1, 0.15) is 10.7 Å². The summed E-state index contributed by atoms with van der Waals surface area (Å²) in [4.78, 5) is 19.1. The summed E-state index contributed by atoms with van der Waals surface area (Å²) >= 11 is 1.32. The van der Waals surface area contributed by atoms with E-state index in [-0.39, 0.29) is 11.9 Å². The Labute approximate surface area is 123 Å². The molecule has 1 saturated heterocycles. The molecule has 0 radical (unpaired) electrons. The Balaban J connectivity index is 1.95. The van der Waals surface area contributed by atoms with E-state index in [1.165, 1.54) is 11.3 Å². The van der Waals surface area contributed by atoms with E-state index in [0.29, 0.717) is 21.7 Å². The summed E-state index contributed by atoms with van der Waals surface area (Å²) in [6.07, 6.45) is 0.986. The molecule has 1 amide bonds. The molecule has 6 nitrogen and oxygen atoms in total. The zero-order valence-electron chi connectivity index (χ0n) is 12.3. The number of nitrogen functional groups attached to an aromatic ring is 1. The molecular weight excluding hydrogens is 274 g/mol. The van der Waals surface area contributed by atoms with Crippen LogP contribution in [0.3, 0.4) is 0 Å². The average Bonchev–Trinajstić information content (AvgIpc) is 2.93. The molecule has 1 aromatic rings. The Morgan fingerprint density at radius 3 is 2.95 bits per heavy atom. The van der Waals surface area contributed by atoms with Crippen LogP contribution in [0, 0.1) is 5.92 Å². The molecule has 1 aliphatic rings. The number of likely N-dealkylation sites (N-methyl/N-ethyl adjacent to an activating group) is 1. The minimum absolute atomic E-state index is 0.113. The van der Waals surface area contributed by atoms with Gasteiger partial charge in [-0.25, -0.2) is 4.98 Å². The molecule has 7 heteroatoms. The Kier molecular flexibility index (Phi) is 4.82. The molecule has 0 aromatic carbocycles. The Morgan fingerprint density at radius 1 is 1.60 bits per heavy atom. The van der Waals surface area contributed by atoms with Crippen molar-refractivity contribution in [2.75, 3.05) is 37.7 Å². The van der Waals surface area contributed by atoms with Crippen LogP contribution < -0.4 is 16.4 Å². The van der Waals surface area contributed by atoms with Gasteiger partial charge in [0.25, 0.3) is 5.91 Å². The van der Waals surface area contributed by atoms with Crippen LogP contribution in [0.2, 0.25) is 0 Å². The highest BCUT2D eigenvalue weighted by atomic mass is 32.1. The fourth-order valence-electron chi connectivity index (χ4n) is 2.17. The summed E-state index contributed by atoms with van der Waals surface area (Å²) in [5, 5.41) is 6.94. The second kappa shape index (κ2) is 6.41. The van der Waals surface area contributed by atoms with Gasteiger partial charge in [-0.2, -0.15) is 0 Å². The largest absolute Gasteiger partial charge is 0.382 e. The predicted octanol–water partition coefficient (Wildman–Crippen LogP) is 1.23. The van der Waals surface area contributed by atoms with Gasteiger partial charge in [-0.15, -0.1) is 0 Å². The van der Waals surface area contributed by atoms with Crippen molar-refractivity contribution in [3.8, 4) is 0 Å². The predicted molar refractivity (Wildman–Crippen MR) is 83.2 cm³/mol. The van der Waals surface area contributed by atoms with Crippen molar-refractivity contribution in [1.82, 2.24) is 15.2 Å². The summed E-state index contributed by atoms with van der Waals surface area (Å²) in [5.74, 6) is 0.717. The van der Waals surface area contributed by atoms with Crippen LogP contribution in [0.4, 0.5) is 10.9 Å². The van der Waals surface area contributed by atoms with Gasteiger partial charge >= 0.3 is 0 Å². The molecule has 2 rings (SSSR count). The zero-order valence-corrected chi connectivity index (χ0v) is 13.1. The SMILES string of the molecule is CC(C)CNc1nc(N)c(C(=O)NC2CCN(C)C2)s1. The number of anilines is 2. The first kappa shape index (κ1) is 15.1. The Hall–Kier alpha value is -1.34. The normalized spacial score (nSPS) is 19.5. The standard InChI is InChI=1S/C13H23N5OS/c1-8(2)6-15-13-17-11(14)10(20-13)12(19)16-9-4-5-18(3)7-9/h8-9H,4-7,14H2,1-3H3,(H,15,17)(H,16,19). The molecule has 1 unspecified atom stereocenters. The van der Waals surface area contributed by atoms with E-state index in [1.807, 2.05) is 0 Å². The maximum absolute atomic E-state index is 12.2. The highest BCUT2D eigenvalue weighted by Gasteiger charge is 2.24. The van der Waals surface area contributed by atoms with Crippen molar-refractivity contribution in [3.63, 3.8) is 0 Å². The summed E-state index contributed by atoms with van der Waals surface area (Å²) in [6, 6.07) is 0.209. The van der Waals surface area contributed by atoms with Gasteiger partial charge in [-0.05, 0) is 25.9 Å². The van der Waals surface area contributed by atoms with E-state index in [2.05, 4.69) is 41.4 Å². The molecular formula is C13H23N5OS. The molecule has 4 N–H and O–H groups in total. The van der Waals surface area contributed by atoms with Crippen LogP contribution >= 0.6 is 11.3 Å². The Morgan fingerprint density at radius 2 is 2.35 bits per heavy atom. The first-order chi connectivity index (χ1) is 9.45. The van der Waals surface area contributed by atoms with Crippen LogP contribution in [0.25, 0.3) is 0 Å². The van der Waals surface area contributed by atoms with Crippen molar-refractivity contribution in [2.45, 2.75) is 26.3 Å². The van der Waals surface area contributed by atoms with Gasteiger partial charge in [-0.1, -0.05) is 25.2 Å². The lowest BCUT2D eigenvalue weighted by molar-refractivity contribution is 0.0943. The van der Waals surface area contributed by atoms with E-state index < -0.39 is 0 Å². The number of thiazole rings is 1.